The first kappa shape index (κ1) is 55.8. The molecule has 4 amide bonds. The van der Waals surface area contributed by atoms with Crippen molar-refractivity contribution in [2.24, 2.45) is 0 Å². The van der Waals surface area contributed by atoms with Crippen LogP contribution in [0.25, 0.3) is 21.5 Å². The maximum absolute atomic E-state index is 14.3. The van der Waals surface area contributed by atoms with E-state index >= 15 is 0 Å². The predicted molar refractivity (Wildman–Crippen MR) is 232 cm³/mol. The van der Waals surface area contributed by atoms with Gasteiger partial charge in [-0.2, -0.15) is 65.1 Å². The third-order valence-electron chi connectivity index (χ3n) is 10.8. The number of amides is 4. The number of imide groups is 2. The van der Waals surface area contributed by atoms with Crippen LogP contribution in [0.5, 0.6) is 0 Å². The molecule has 4 aromatic rings. The van der Waals surface area contributed by atoms with Gasteiger partial charge in [-0.1, -0.05) is 100 Å². The monoisotopic (exact) mass is 1050 g/mol. The quantitative estimate of drug-likeness (QED) is 0.0347. The molecular formula is C46H39F11N2O10S2. The Bertz CT molecular complexity index is 3090. The van der Waals surface area contributed by atoms with Crippen LogP contribution in [-0.4, -0.2) is 79.1 Å². The van der Waals surface area contributed by atoms with Crippen molar-refractivity contribution in [1.82, 2.24) is 10.1 Å². The standard InChI is InChI=1S/C25H21F8NO5S.C21H18F3NO5S/c1-3-4-5-6-7-8-10-15-13-14-18-19-16(15)11-9-12-17(19)20(35)34(21(18)36)39-40(37,38)25(32,33)24(30,31)23(28,29)22(2,26)27;1-2-3-4-5-6-7-9-14-12-13-17-18-15(14)10-8-11-16(18)19(26)25(20(17)27)30-31(28,29)21(22,23)24/h9,11-14H,3-7H2,1-2H3;8,10-13H,2-6H2,1H3. The van der Waals surface area contributed by atoms with Crippen molar-refractivity contribution < 1.29 is 92.9 Å². The minimum absolute atomic E-state index is 0.0817. The Hall–Kier alpha value is -6.15. The number of hydrogen-bond acceptors (Lipinski definition) is 10. The normalized spacial score (nSPS) is 14.5. The fourth-order valence-corrected chi connectivity index (χ4v) is 8.28. The van der Waals surface area contributed by atoms with Gasteiger partial charge in [-0.3, -0.25) is 19.2 Å². The summed E-state index contributed by atoms with van der Waals surface area (Å²) in [6.07, 6.45) is 9.29. The second kappa shape index (κ2) is 20.9. The van der Waals surface area contributed by atoms with Crippen molar-refractivity contribution in [2.45, 2.75) is 114 Å². The number of carbonyl (C=O) groups excluding carboxylic acids is 4. The number of hydrogen-bond donors (Lipinski definition) is 0. The first-order valence-electron chi connectivity index (χ1n) is 21.2. The smallest absolute Gasteiger partial charge is 0.266 e. The molecule has 0 spiro atoms. The van der Waals surface area contributed by atoms with Crippen LogP contribution in [0, 0.1) is 23.7 Å². The van der Waals surface area contributed by atoms with Crippen LogP contribution in [0.3, 0.4) is 0 Å². The first-order chi connectivity index (χ1) is 32.9. The largest absolute Gasteiger partial charge is 0.525 e. The fourth-order valence-electron chi connectivity index (χ4n) is 7.00. The fraction of sp³-hybridized carbons (Fsp3) is 0.391. The predicted octanol–water partition coefficient (Wildman–Crippen LogP) is 11.1. The third-order valence-corrected chi connectivity index (χ3v) is 12.9. The summed E-state index contributed by atoms with van der Waals surface area (Å²) in [6.45, 7) is 3.32. The van der Waals surface area contributed by atoms with Gasteiger partial charge in [0.05, 0.1) is 22.3 Å². The van der Waals surface area contributed by atoms with E-state index in [1.54, 1.807) is 6.07 Å². The van der Waals surface area contributed by atoms with Crippen molar-refractivity contribution in [2.75, 3.05) is 0 Å². The molecule has 4 aromatic carbocycles. The molecule has 0 aromatic heterocycles. The lowest BCUT2D eigenvalue weighted by molar-refractivity contribution is -0.344. The van der Waals surface area contributed by atoms with E-state index in [9.17, 15) is 84.3 Å². The van der Waals surface area contributed by atoms with Gasteiger partial charge in [0.25, 0.3) is 23.6 Å². The number of benzene rings is 4. The van der Waals surface area contributed by atoms with Crippen molar-refractivity contribution in [1.29, 1.82) is 0 Å². The molecule has 0 aliphatic carbocycles. The molecule has 2 aliphatic heterocycles. The second-order valence-corrected chi connectivity index (χ2v) is 19.0. The lowest BCUT2D eigenvalue weighted by Gasteiger charge is -2.35. The highest BCUT2D eigenvalue weighted by atomic mass is 32.2. The second-order valence-electron chi connectivity index (χ2n) is 15.9. The number of unbranched alkanes of at least 4 members (excludes halogenated alkanes) is 8. The Labute approximate surface area is 398 Å². The van der Waals surface area contributed by atoms with Gasteiger partial charge in [0.15, 0.2) is 0 Å². The van der Waals surface area contributed by atoms with E-state index in [-0.39, 0.29) is 32.3 Å². The Balaban J connectivity index is 0.000000272. The number of carbonyl (C=O) groups is 4. The highest BCUT2D eigenvalue weighted by molar-refractivity contribution is 7.88. The average molecular weight is 1050 g/mol. The zero-order chi connectivity index (χ0) is 53.1. The summed E-state index contributed by atoms with van der Waals surface area (Å²) in [5.74, 6) is -14.1. The van der Waals surface area contributed by atoms with Crippen LogP contribution in [-0.2, 0) is 28.8 Å². The van der Waals surface area contributed by atoms with E-state index in [4.69, 9.17) is 0 Å². The zero-order valence-electron chi connectivity index (χ0n) is 37.3. The van der Waals surface area contributed by atoms with Crippen molar-refractivity contribution in [3.63, 3.8) is 0 Å². The van der Waals surface area contributed by atoms with E-state index in [0.717, 1.165) is 63.5 Å². The van der Waals surface area contributed by atoms with Crippen LogP contribution < -0.4 is 0 Å². The Kier molecular flexibility index (Phi) is 16.4. The Morgan fingerprint density at radius 3 is 1.21 bits per heavy atom. The van der Waals surface area contributed by atoms with Crippen molar-refractivity contribution in [3.8, 4) is 23.7 Å². The third kappa shape index (κ3) is 10.7. The molecule has 71 heavy (non-hydrogen) atoms. The highest BCUT2D eigenvalue weighted by Crippen LogP contribution is 2.54. The lowest BCUT2D eigenvalue weighted by Crippen LogP contribution is -2.64. The topological polar surface area (TPSA) is 161 Å². The van der Waals surface area contributed by atoms with Gasteiger partial charge in [0.2, 0.25) is 0 Å². The van der Waals surface area contributed by atoms with Gasteiger partial charge in [-0.15, -0.1) is 18.7 Å². The lowest BCUT2D eigenvalue weighted by atomic mass is 9.92. The molecule has 25 heteroatoms. The van der Waals surface area contributed by atoms with Crippen LogP contribution >= 0.6 is 0 Å². The van der Waals surface area contributed by atoms with E-state index in [0.29, 0.717) is 29.4 Å². The van der Waals surface area contributed by atoms with E-state index in [1.807, 2.05) is 6.92 Å². The molecule has 2 aliphatic rings. The van der Waals surface area contributed by atoms with Crippen LogP contribution in [0.2, 0.25) is 0 Å². The molecular weight excluding hydrogens is 1010 g/mol. The SMILES string of the molecule is CCCCCCC#Cc1ccc2c3c(cccc13)C(=O)N(OS(=O)(=O)C(F)(F)C(F)(F)C(F)(F)C(C)(F)F)C2=O.CCCCCCC#Cc1ccc2c3c(cccc13)C(=O)N(OS(=O)(=O)C(F)(F)F)C2=O. The van der Waals surface area contributed by atoms with Gasteiger partial charge in [-0.25, -0.2) is 0 Å². The Morgan fingerprint density at radius 1 is 0.493 bits per heavy atom. The van der Waals surface area contributed by atoms with Crippen LogP contribution in [0.4, 0.5) is 48.3 Å². The maximum Gasteiger partial charge on any atom is 0.525 e. The molecule has 0 fully saturated rings. The molecule has 382 valence electrons. The molecule has 0 N–H and O–H groups in total. The summed E-state index contributed by atoms with van der Waals surface area (Å²) in [5, 5.41) is -7.41. The Morgan fingerprint density at radius 2 is 0.859 bits per heavy atom. The van der Waals surface area contributed by atoms with Gasteiger partial charge < -0.3 is 0 Å². The molecule has 0 radical (unpaired) electrons. The van der Waals surface area contributed by atoms with E-state index in [2.05, 4.69) is 39.2 Å². The number of alkyl halides is 11. The number of nitrogens with zero attached hydrogens (tertiary/aromatic N) is 2. The molecule has 2 heterocycles. The molecule has 0 saturated carbocycles. The van der Waals surface area contributed by atoms with Gasteiger partial charge in [0, 0.05) is 41.7 Å². The van der Waals surface area contributed by atoms with Crippen molar-refractivity contribution in [3.05, 3.63) is 94.0 Å². The highest BCUT2D eigenvalue weighted by Gasteiger charge is 2.84. The molecule has 12 nitrogen and oxygen atoms in total. The molecule has 6 rings (SSSR count). The molecule has 0 saturated heterocycles. The van der Waals surface area contributed by atoms with Crippen molar-refractivity contribution >= 4 is 65.4 Å². The van der Waals surface area contributed by atoms with E-state index < -0.39 is 95.5 Å². The minimum atomic E-state index is -7.36. The summed E-state index contributed by atoms with van der Waals surface area (Å²) < 4.78 is 202. The minimum Gasteiger partial charge on any atom is -0.266 e. The number of halogens is 11. The summed E-state index contributed by atoms with van der Waals surface area (Å²) in [4.78, 5) is 51.0. The summed E-state index contributed by atoms with van der Waals surface area (Å²) >= 11 is 0. The van der Waals surface area contributed by atoms with Gasteiger partial charge in [-0.05, 0) is 60.0 Å². The molecule has 0 atom stereocenters. The van der Waals surface area contributed by atoms with Gasteiger partial charge in [0.1, 0.15) is 0 Å². The summed E-state index contributed by atoms with van der Waals surface area (Å²) in [6, 6.07) is 13.3. The van der Waals surface area contributed by atoms with Crippen LogP contribution in [0.1, 0.15) is 138 Å². The first-order valence-corrected chi connectivity index (χ1v) is 24.1. The summed E-state index contributed by atoms with van der Waals surface area (Å²) in [7, 11) is -13.6. The van der Waals surface area contributed by atoms with E-state index in [1.165, 1.54) is 42.5 Å². The summed E-state index contributed by atoms with van der Waals surface area (Å²) in [5.41, 5.74) is -6.19. The van der Waals surface area contributed by atoms with Gasteiger partial charge >= 0.3 is 48.8 Å². The van der Waals surface area contributed by atoms with Crippen LogP contribution in [0.15, 0.2) is 60.7 Å². The molecule has 0 unspecified atom stereocenters. The molecule has 0 bridgehead atoms. The number of rotatable bonds is 16. The average Bonchev–Trinajstić information content (AvgIpc) is 3.29. The maximum atomic E-state index is 14.3. The number of hydroxylamine groups is 4. The zero-order valence-corrected chi connectivity index (χ0v) is 38.9.